The number of fused-ring (bicyclic) bond motifs is 2. The van der Waals surface area contributed by atoms with Crippen molar-refractivity contribution in [3.8, 4) is 0 Å². The third-order valence-electron chi connectivity index (χ3n) is 2.50. The first kappa shape index (κ1) is 6.16. The Labute approximate surface area is 59.4 Å². The lowest BCUT2D eigenvalue weighted by Gasteiger charge is -2.20. The summed E-state index contributed by atoms with van der Waals surface area (Å²) in [5, 5.41) is 12.2. The molecule has 1 heterocycles. The predicted molar refractivity (Wildman–Crippen MR) is 35.3 cm³/mol. The van der Waals surface area contributed by atoms with E-state index in [9.17, 15) is 9.90 Å². The highest BCUT2D eigenvalue weighted by molar-refractivity contribution is 5.82. The second-order valence-corrected chi connectivity index (χ2v) is 3.19. The molecule has 56 valence electrons. The fraction of sp³-hybridized carbons (Fsp3) is 0.857. The highest BCUT2D eigenvalue weighted by Gasteiger charge is 2.40. The number of rotatable bonds is 0. The van der Waals surface area contributed by atoms with Gasteiger partial charge in [0.15, 0.2) is 0 Å². The molecule has 1 saturated carbocycles. The van der Waals surface area contributed by atoms with Crippen LogP contribution in [0.1, 0.15) is 19.3 Å². The largest absolute Gasteiger partial charge is 0.392 e. The fourth-order valence-electron chi connectivity index (χ4n) is 1.88. The Kier molecular flexibility index (Phi) is 1.20. The molecule has 0 spiro atoms. The molecular weight excluding hydrogens is 130 g/mol. The molecule has 1 aliphatic heterocycles. The maximum Gasteiger partial charge on any atom is 0.226 e. The average molecular weight is 141 g/mol. The van der Waals surface area contributed by atoms with E-state index in [1.165, 1.54) is 0 Å². The molecule has 2 aliphatic rings. The molecule has 3 atom stereocenters. The van der Waals surface area contributed by atoms with Crippen molar-refractivity contribution in [2.75, 3.05) is 0 Å². The third kappa shape index (κ3) is 0.736. The first-order valence-electron chi connectivity index (χ1n) is 3.76. The van der Waals surface area contributed by atoms with E-state index in [-0.39, 0.29) is 17.9 Å². The van der Waals surface area contributed by atoms with Gasteiger partial charge in [-0.1, -0.05) is 0 Å². The van der Waals surface area contributed by atoms with Crippen LogP contribution in [-0.2, 0) is 4.79 Å². The molecule has 0 aromatic carbocycles. The third-order valence-corrected chi connectivity index (χ3v) is 2.50. The fourth-order valence-corrected chi connectivity index (χ4v) is 1.88. The lowest BCUT2D eigenvalue weighted by molar-refractivity contribution is -0.125. The number of carbonyl (C=O) groups excluding carboxylic acids is 1. The molecular formula is C7H11NO2. The van der Waals surface area contributed by atoms with Gasteiger partial charge in [-0.05, 0) is 19.3 Å². The quantitative estimate of drug-likeness (QED) is 0.484. The van der Waals surface area contributed by atoms with Crippen molar-refractivity contribution in [3.63, 3.8) is 0 Å². The minimum atomic E-state index is -0.376. The molecule has 1 aliphatic carbocycles. The van der Waals surface area contributed by atoms with Gasteiger partial charge < -0.3 is 10.4 Å². The van der Waals surface area contributed by atoms with Gasteiger partial charge in [0.25, 0.3) is 0 Å². The number of hydrogen-bond donors (Lipinski definition) is 2. The van der Waals surface area contributed by atoms with Gasteiger partial charge in [0, 0.05) is 6.04 Å². The number of aliphatic hydroxyl groups excluding tert-OH is 1. The van der Waals surface area contributed by atoms with Gasteiger partial charge in [0.1, 0.15) is 0 Å². The second-order valence-electron chi connectivity index (χ2n) is 3.19. The van der Waals surface area contributed by atoms with E-state index >= 15 is 0 Å². The summed E-state index contributed by atoms with van der Waals surface area (Å²) in [6, 6.07) is 0.362. The van der Waals surface area contributed by atoms with Gasteiger partial charge in [-0.15, -0.1) is 0 Å². The zero-order valence-electron chi connectivity index (χ0n) is 5.71. The minimum Gasteiger partial charge on any atom is -0.392 e. The maximum atomic E-state index is 11.0. The standard InChI is InChI=1S/C7H11NO2/c9-6-2-1-4-3-5(6)7(10)8-4/h4-6,9H,1-3H2,(H,8,10)/t4-,5+,6-/m0/s1. The molecule has 3 heteroatoms. The Hall–Kier alpha value is -0.570. The molecule has 0 aromatic heterocycles. The van der Waals surface area contributed by atoms with Crippen LogP contribution in [0.3, 0.4) is 0 Å². The number of nitrogens with one attached hydrogen (secondary N) is 1. The van der Waals surface area contributed by atoms with Crippen LogP contribution in [0.15, 0.2) is 0 Å². The van der Waals surface area contributed by atoms with E-state index in [0.29, 0.717) is 6.04 Å². The molecule has 0 aromatic rings. The van der Waals surface area contributed by atoms with Crippen LogP contribution in [0.5, 0.6) is 0 Å². The van der Waals surface area contributed by atoms with Gasteiger partial charge >= 0.3 is 0 Å². The topological polar surface area (TPSA) is 49.3 Å². The van der Waals surface area contributed by atoms with Gasteiger partial charge in [0.05, 0.1) is 12.0 Å². The summed E-state index contributed by atoms with van der Waals surface area (Å²) in [7, 11) is 0. The second kappa shape index (κ2) is 1.95. The summed E-state index contributed by atoms with van der Waals surface area (Å²) in [6.45, 7) is 0. The first-order chi connectivity index (χ1) is 4.77. The van der Waals surface area contributed by atoms with Crippen molar-refractivity contribution in [2.45, 2.75) is 31.4 Å². The van der Waals surface area contributed by atoms with Gasteiger partial charge in [-0.25, -0.2) is 0 Å². The van der Waals surface area contributed by atoms with E-state index in [0.717, 1.165) is 19.3 Å². The van der Waals surface area contributed by atoms with Gasteiger partial charge in [-0.3, -0.25) is 4.79 Å². The van der Waals surface area contributed by atoms with Gasteiger partial charge in [0.2, 0.25) is 5.91 Å². The number of carbonyl (C=O) groups is 1. The number of hydrogen-bond acceptors (Lipinski definition) is 2. The van der Waals surface area contributed by atoms with Crippen molar-refractivity contribution >= 4 is 5.91 Å². The van der Waals surface area contributed by atoms with Crippen molar-refractivity contribution in [2.24, 2.45) is 5.92 Å². The van der Waals surface area contributed by atoms with E-state index in [1.807, 2.05) is 0 Å². The summed E-state index contributed by atoms with van der Waals surface area (Å²) in [5.41, 5.74) is 0. The highest BCUT2D eigenvalue weighted by Crippen LogP contribution is 2.29. The average Bonchev–Trinajstić information content (AvgIpc) is 2.21. The van der Waals surface area contributed by atoms with Crippen LogP contribution in [0, 0.1) is 5.92 Å². The first-order valence-corrected chi connectivity index (χ1v) is 3.76. The Morgan fingerprint density at radius 1 is 1.50 bits per heavy atom. The Balaban J connectivity index is 2.17. The Morgan fingerprint density at radius 2 is 2.30 bits per heavy atom. The number of aliphatic hydroxyl groups is 1. The van der Waals surface area contributed by atoms with E-state index < -0.39 is 0 Å². The Bertz CT molecular complexity index is 169. The van der Waals surface area contributed by atoms with Gasteiger partial charge in [-0.2, -0.15) is 0 Å². The molecule has 1 saturated heterocycles. The zero-order valence-corrected chi connectivity index (χ0v) is 5.71. The van der Waals surface area contributed by atoms with Crippen LogP contribution in [0.4, 0.5) is 0 Å². The van der Waals surface area contributed by atoms with Crippen molar-refractivity contribution < 1.29 is 9.90 Å². The monoisotopic (exact) mass is 141 g/mol. The lowest BCUT2D eigenvalue weighted by atomic mass is 9.87. The molecule has 0 unspecified atom stereocenters. The molecule has 3 nitrogen and oxygen atoms in total. The van der Waals surface area contributed by atoms with Crippen LogP contribution in [0.2, 0.25) is 0 Å². The highest BCUT2D eigenvalue weighted by atomic mass is 16.3. The normalized spacial score (nSPS) is 45.3. The summed E-state index contributed by atoms with van der Waals surface area (Å²) < 4.78 is 0. The summed E-state index contributed by atoms with van der Waals surface area (Å²) in [6.07, 6.45) is 2.20. The lowest BCUT2D eigenvalue weighted by Crippen LogP contribution is -2.27. The van der Waals surface area contributed by atoms with Crippen LogP contribution in [0.25, 0.3) is 0 Å². The Morgan fingerprint density at radius 3 is 3.00 bits per heavy atom. The van der Waals surface area contributed by atoms with E-state index in [2.05, 4.69) is 5.32 Å². The predicted octanol–water partition coefficient (Wildman–Crippen LogP) is -0.354. The molecule has 1 amide bonds. The molecule has 10 heavy (non-hydrogen) atoms. The SMILES string of the molecule is O=C1N[C@H]2CC[C@H](O)[C@H]1C2. The van der Waals surface area contributed by atoms with E-state index in [4.69, 9.17) is 0 Å². The smallest absolute Gasteiger partial charge is 0.226 e. The van der Waals surface area contributed by atoms with E-state index in [1.54, 1.807) is 0 Å². The molecule has 2 rings (SSSR count). The number of amides is 1. The molecule has 2 fully saturated rings. The van der Waals surface area contributed by atoms with Crippen molar-refractivity contribution in [3.05, 3.63) is 0 Å². The minimum absolute atomic E-state index is 0.0509. The summed E-state index contributed by atoms with van der Waals surface area (Å²) >= 11 is 0. The summed E-state index contributed by atoms with van der Waals surface area (Å²) in [5.74, 6) is -0.0475. The molecule has 2 N–H and O–H groups in total. The van der Waals surface area contributed by atoms with Crippen LogP contribution >= 0.6 is 0 Å². The summed E-state index contributed by atoms with van der Waals surface area (Å²) in [4.78, 5) is 11.0. The van der Waals surface area contributed by atoms with Crippen molar-refractivity contribution in [1.82, 2.24) is 5.32 Å². The maximum absolute atomic E-state index is 11.0. The van der Waals surface area contributed by atoms with Crippen LogP contribution in [-0.4, -0.2) is 23.2 Å². The van der Waals surface area contributed by atoms with Crippen LogP contribution < -0.4 is 5.32 Å². The molecule has 0 radical (unpaired) electrons. The zero-order chi connectivity index (χ0) is 7.14. The molecule has 2 bridgehead atoms. The van der Waals surface area contributed by atoms with Crippen molar-refractivity contribution in [1.29, 1.82) is 0 Å².